The van der Waals surface area contributed by atoms with Crippen molar-refractivity contribution in [3.63, 3.8) is 0 Å². The van der Waals surface area contributed by atoms with Gasteiger partial charge in [0.2, 0.25) is 0 Å². The lowest BCUT2D eigenvalue weighted by Crippen LogP contribution is -2.13. The minimum absolute atomic E-state index is 0.210. The van der Waals surface area contributed by atoms with Gasteiger partial charge in [-0.1, -0.05) is 0 Å². The highest BCUT2D eigenvalue weighted by molar-refractivity contribution is 7.14. The third-order valence-corrected chi connectivity index (χ3v) is 2.84. The SMILES string of the molecule is NCc1ccnc(C(=O)Nc2cccs2)c1. The maximum atomic E-state index is 11.8. The predicted octanol–water partition coefficient (Wildman–Crippen LogP) is 1.85. The first kappa shape index (κ1) is 10.8. The van der Waals surface area contributed by atoms with E-state index in [4.69, 9.17) is 5.73 Å². The van der Waals surface area contributed by atoms with Gasteiger partial charge in [0.15, 0.2) is 0 Å². The standard InChI is InChI=1S/C11H11N3OS/c12-7-8-3-4-13-9(6-8)11(15)14-10-2-1-5-16-10/h1-6H,7,12H2,(H,14,15). The highest BCUT2D eigenvalue weighted by Gasteiger charge is 2.08. The summed E-state index contributed by atoms with van der Waals surface area (Å²) in [6.07, 6.45) is 1.59. The number of nitrogens with one attached hydrogen (secondary N) is 1. The molecule has 0 aliphatic heterocycles. The Hall–Kier alpha value is -1.72. The summed E-state index contributed by atoms with van der Waals surface area (Å²) in [4.78, 5) is 15.8. The van der Waals surface area contributed by atoms with Crippen LogP contribution in [0.15, 0.2) is 35.8 Å². The summed E-state index contributed by atoms with van der Waals surface area (Å²) in [7, 11) is 0. The van der Waals surface area contributed by atoms with E-state index in [-0.39, 0.29) is 5.91 Å². The summed E-state index contributed by atoms with van der Waals surface area (Å²) >= 11 is 1.47. The van der Waals surface area contributed by atoms with Gasteiger partial charge < -0.3 is 11.1 Å². The Morgan fingerprint density at radius 2 is 2.38 bits per heavy atom. The van der Waals surface area contributed by atoms with Crippen molar-refractivity contribution in [1.82, 2.24) is 4.98 Å². The van der Waals surface area contributed by atoms with Crippen molar-refractivity contribution in [2.45, 2.75) is 6.54 Å². The predicted molar refractivity (Wildman–Crippen MR) is 64.4 cm³/mol. The molecule has 82 valence electrons. The molecule has 2 aromatic rings. The third kappa shape index (κ3) is 2.44. The molecule has 2 aromatic heterocycles. The van der Waals surface area contributed by atoms with Gasteiger partial charge >= 0.3 is 0 Å². The van der Waals surface area contributed by atoms with Crippen LogP contribution >= 0.6 is 11.3 Å². The molecule has 2 rings (SSSR count). The summed E-state index contributed by atoms with van der Waals surface area (Å²) in [6, 6.07) is 7.21. The van der Waals surface area contributed by atoms with Crippen LogP contribution in [0.1, 0.15) is 16.1 Å². The van der Waals surface area contributed by atoms with Gasteiger partial charge in [-0.2, -0.15) is 0 Å². The number of anilines is 1. The van der Waals surface area contributed by atoms with Gasteiger partial charge in [-0.25, -0.2) is 0 Å². The lowest BCUT2D eigenvalue weighted by Gasteiger charge is -2.03. The van der Waals surface area contributed by atoms with Crippen LogP contribution in [0.4, 0.5) is 5.00 Å². The molecule has 0 spiro atoms. The second-order valence-electron chi connectivity index (χ2n) is 3.18. The third-order valence-electron chi connectivity index (χ3n) is 2.05. The fraction of sp³-hybridized carbons (Fsp3) is 0.0909. The minimum Gasteiger partial charge on any atom is -0.326 e. The number of nitrogens with two attached hydrogens (primary N) is 1. The maximum absolute atomic E-state index is 11.8. The van der Waals surface area contributed by atoms with Crippen LogP contribution in [-0.2, 0) is 6.54 Å². The molecule has 0 aliphatic carbocycles. The lowest BCUT2D eigenvalue weighted by atomic mass is 10.2. The summed E-state index contributed by atoms with van der Waals surface area (Å²) in [5.41, 5.74) is 6.78. The van der Waals surface area contributed by atoms with E-state index in [0.717, 1.165) is 10.6 Å². The van der Waals surface area contributed by atoms with Crippen molar-refractivity contribution in [1.29, 1.82) is 0 Å². The monoisotopic (exact) mass is 233 g/mol. The van der Waals surface area contributed by atoms with Crippen LogP contribution in [0.3, 0.4) is 0 Å². The Morgan fingerprint density at radius 3 is 3.06 bits per heavy atom. The number of nitrogens with zero attached hydrogens (tertiary/aromatic N) is 1. The van der Waals surface area contributed by atoms with Crippen molar-refractivity contribution < 1.29 is 4.79 Å². The van der Waals surface area contributed by atoms with Crippen LogP contribution in [0, 0.1) is 0 Å². The normalized spacial score (nSPS) is 10.1. The van der Waals surface area contributed by atoms with E-state index < -0.39 is 0 Å². The Morgan fingerprint density at radius 1 is 1.50 bits per heavy atom. The molecule has 3 N–H and O–H groups in total. The van der Waals surface area contributed by atoms with E-state index in [1.165, 1.54) is 11.3 Å². The zero-order chi connectivity index (χ0) is 11.4. The molecule has 4 nitrogen and oxygen atoms in total. The van der Waals surface area contributed by atoms with E-state index in [1.807, 2.05) is 17.5 Å². The van der Waals surface area contributed by atoms with Crippen LogP contribution in [0.2, 0.25) is 0 Å². The molecule has 0 radical (unpaired) electrons. The molecule has 0 unspecified atom stereocenters. The maximum Gasteiger partial charge on any atom is 0.274 e. The zero-order valence-electron chi connectivity index (χ0n) is 8.51. The second-order valence-corrected chi connectivity index (χ2v) is 4.13. The number of hydrogen-bond donors (Lipinski definition) is 2. The fourth-order valence-corrected chi connectivity index (χ4v) is 1.86. The number of aromatic nitrogens is 1. The van der Waals surface area contributed by atoms with Crippen molar-refractivity contribution >= 4 is 22.2 Å². The molecule has 0 bridgehead atoms. The van der Waals surface area contributed by atoms with E-state index in [2.05, 4.69) is 10.3 Å². The molecular formula is C11H11N3OS. The van der Waals surface area contributed by atoms with E-state index in [1.54, 1.807) is 18.3 Å². The number of carbonyl (C=O) groups excluding carboxylic acids is 1. The molecule has 0 fully saturated rings. The molecule has 5 heteroatoms. The average Bonchev–Trinajstić information content (AvgIpc) is 2.82. The molecular weight excluding hydrogens is 222 g/mol. The van der Waals surface area contributed by atoms with Crippen molar-refractivity contribution in [2.75, 3.05) is 5.32 Å². The van der Waals surface area contributed by atoms with Crippen LogP contribution in [0.25, 0.3) is 0 Å². The summed E-state index contributed by atoms with van der Waals surface area (Å²) in [5.74, 6) is -0.210. The van der Waals surface area contributed by atoms with Crippen LogP contribution in [-0.4, -0.2) is 10.9 Å². The average molecular weight is 233 g/mol. The first-order valence-electron chi connectivity index (χ1n) is 4.79. The van der Waals surface area contributed by atoms with Gasteiger partial charge in [-0.05, 0) is 35.2 Å². The molecule has 0 aromatic carbocycles. The molecule has 0 saturated heterocycles. The van der Waals surface area contributed by atoms with E-state index >= 15 is 0 Å². The van der Waals surface area contributed by atoms with E-state index in [9.17, 15) is 4.79 Å². The highest BCUT2D eigenvalue weighted by atomic mass is 32.1. The van der Waals surface area contributed by atoms with Gasteiger partial charge in [0.1, 0.15) is 5.69 Å². The Bertz CT molecular complexity index is 482. The molecule has 1 amide bonds. The number of carbonyl (C=O) groups is 1. The summed E-state index contributed by atoms with van der Waals surface area (Å²) < 4.78 is 0. The van der Waals surface area contributed by atoms with Crippen molar-refractivity contribution in [2.24, 2.45) is 5.73 Å². The Kier molecular flexibility index (Phi) is 3.28. The number of amides is 1. The highest BCUT2D eigenvalue weighted by Crippen LogP contribution is 2.15. The first-order valence-corrected chi connectivity index (χ1v) is 5.67. The van der Waals surface area contributed by atoms with Crippen molar-refractivity contribution in [3.05, 3.63) is 47.1 Å². The van der Waals surface area contributed by atoms with Crippen LogP contribution < -0.4 is 11.1 Å². The molecule has 0 saturated carbocycles. The number of thiophene rings is 1. The Balaban J connectivity index is 2.14. The van der Waals surface area contributed by atoms with Gasteiger partial charge in [0, 0.05) is 12.7 Å². The molecule has 0 atom stereocenters. The number of hydrogen-bond acceptors (Lipinski definition) is 4. The summed E-state index contributed by atoms with van der Waals surface area (Å²) in [6.45, 7) is 0.405. The molecule has 0 aliphatic rings. The zero-order valence-corrected chi connectivity index (χ0v) is 9.33. The van der Waals surface area contributed by atoms with Crippen molar-refractivity contribution in [3.8, 4) is 0 Å². The van der Waals surface area contributed by atoms with Gasteiger partial charge in [0.05, 0.1) is 5.00 Å². The molecule has 16 heavy (non-hydrogen) atoms. The minimum atomic E-state index is -0.210. The van der Waals surface area contributed by atoms with Gasteiger partial charge in [0.25, 0.3) is 5.91 Å². The topological polar surface area (TPSA) is 68.0 Å². The fourth-order valence-electron chi connectivity index (χ4n) is 1.25. The Labute approximate surface area is 97.1 Å². The van der Waals surface area contributed by atoms with Gasteiger partial charge in [-0.3, -0.25) is 9.78 Å². The largest absolute Gasteiger partial charge is 0.326 e. The van der Waals surface area contributed by atoms with Crippen LogP contribution in [0.5, 0.6) is 0 Å². The quantitative estimate of drug-likeness (QED) is 0.850. The lowest BCUT2D eigenvalue weighted by molar-refractivity contribution is 0.102. The summed E-state index contributed by atoms with van der Waals surface area (Å²) in [5, 5.41) is 5.48. The second kappa shape index (κ2) is 4.87. The number of rotatable bonds is 3. The first-order chi connectivity index (χ1) is 7.79. The number of pyridine rings is 1. The van der Waals surface area contributed by atoms with Gasteiger partial charge in [-0.15, -0.1) is 11.3 Å². The molecule has 2 heterocycles. The van der Waals surface area contributed by atoms with E-state index in [0.29, 0.717) is 12.2 Å². The smallest absolute Gasteiger partial charge is 0.274 e.